The lowest BCUT2D eigenvalue weighted by molar-refractivity contribution is 0.174. The van der Waals surface area contributed by atoms with Crippen molar-refractivity contribution in [3.8, 4) is 11.5 Å². The SMILES string of the molecule is O=S(=O)(NCc1ccc2c(c1)OCO2)c1ccc(F)s1. The van der Waals surface area contributed by atoms with Gasteiger partial charge >= 0.3 is 0 Å². The van der Waals surface area contributed by atoms with Crippen molar-refractivity contribution in [3.63, 3.8) is 0 Å². The zero-order valence-electron chi connectivity index (χ0n) is 10.1. The molecule has 3 rings (SSSR count). The standard InChI is InChI=1S/C12H10FNO4S2/c13-11-3-4-12(19-11)20(15,16)14-6-8-1-2-9-10(5-8)18-7-17-9/h1-5,14H,6-7H2. The highest BCUT2D eigenvalue weighted by Gasteiger charge is 2.18. The molecule has 1 aromatic heterocycles. The number of halogens is 1. The second kappa shape index (κ2) is 5.04. The predicted molar refractivity (Wildman–Crippen MR) is 70.9 cm³/mol. The Morgan fingerprint density at radius 1 is 1.20 bits per heavy atom. The van der Waals surface area contributed by atoms with Gasteiger partial charge in [-0.1, -0.05) is 17.4 Å². The van der Waals surface area contributed by atoms with Crippen LogP contribution < -0.4 is 14.2 Å². The quantitative estimate of drug-likeness (QED) is 0.938. The minimum absolute atomic E-state index is 0.0456. The van der Waals surface area contributed by atoms with Crippen LogP contribution in [0.25, 0.3) is 0 Å². The summed E-state index contributed by atoms with van der Waals surface area (Å²) in [5, 5.41) is -0.534. The fourth-order valence-electron chi connectivity index (χ4n) is 1.74. The highest BCUT2D eigenvalue weighted by atomic mass is 32.2. The molecule has 1 aliphatic heterocycles. The van der Waals surface area contributed by atoms with E-state index in [-0.39, 0.29) is 17.5 Å². The third kappa shape index (κ3) is 2.62. The summed E-state index contributed by atoms with van der Waals surface area (Å²) < 4.78 is 49.5. The van der Waals surface area contributed by atoms with E-state index in [1.54, 1.807) is 18.2 Å². The molecule has 1 aromatic carbocycles. The molecule has 1 N–H and O–H groups in total. The Morgan fingerprint density at radius 2 is 2.00 bits per heavy atom. The fourth-order valence-corrected chi connectivity index (χ4v) is 3.81. The average molecular weight is 315 g/mol. The van der Waals surface area contributed by atoms with Gasteiger partial charge in [-0.2, -0.15) is 4.39 Å². The van der Waals surface area contributed by atoms with Crippen LogP contribution in [0.4, 0.5) is 4.39 Å². The van der Waals surface area contributed by atoms with E-state index < -0.39 is 15.2 Å². The molecule has 0 saturated carbocycles. The Bertz CT molecular complexity index is 742. The fraction of sp³-hybridized carbons (Fsp3) is 0.167. The summed E-state index contributed by atoms with van der Waals surface area (Å²) in [4.78, 5) is 0. The van der Waals surface area contributed by atoms with Crippen LogP contribution in [0.3, 0.4) is 0 Å². The highest BCUT2D eigenvalue weighted by Crippen LogP contribution is 2.32. The van der Waals surface area contributed by atoms with Crippen molar-refractivity contribution in [2.24, 2.45) is 0 Å². The number of fused-ring (bicyclic) bond motifs is 1. The van der Waals surface area contributed by atoms with E-state index in [1.165, 1.54) is 6.07 Å². The summed E-state index contributed by atoms with van der Waals surface area (Å²) in [6.07, 6.45) is 0. The number of thiophene rings is 1. The second-order valence-electron chi connectivity index (χ2n) is 4.07. The molecule has 5 nitrogen and oxygen atoms in total. The van der Waals surface area contributed by atoms with Crippen LogP contribution >= 0.6 is 11.3 Å². The van der Waals surface area contributed by atoms with Crippen LogP contribution in [0.5, 0.6) is 11.5 Å². The molecular weight excluding hydrogens is 305 g/mol. The number of sulfonamides is 1. The number of nitrogens with one attached hydrogen (secondary N) is 1. The molecular formula is C12H10FNO4S2. The van der Waals surface area contributed by atoms with Gasteiger partial charge in [-0.25, -0.2) is 13.1 Å². The van der Waals surface area contributed by atoms with E-state index >= 15 is 0 Å². The third-order valence-corrected chi connectivity index (χ3v) is 5.48. The number of ether oxygens (including phenoxy) is 2. The molecule has 20 heavy (non-hydrogen) atoms. The Balaban J connectivity index is 1.73. The van der Waals surface area contributed by atoms with Gasteiger partial charge in [0.05, 0.1) is 0 Å². The van der Waals surface area contributed by atoms with Crippen LogP contribution in [0.1, 0.15) is 5.56 Å². The summed E-state index contributed by atoms with van der Waals surface area (Å²) in [6.45, 7) is 0.261. The number of rotatable bonds is 4. The summed E-state index contributed by atoms with van der Waals surface area (Å²) in [5.74, 6) is 1.22. The van der Waals surface area contributed by atoms with Crippen LogP contribution in [-0.2, 0) is 16.6 Å². The second-order valence-corrected chi connectivity index (χ2v) is 7.10. The van der Waals surface area contributed by atoms with Crippen molar-refractivity contribution >= 4 is 21.4 Å². The zero-order chi connectivity index (χ0) is 14.2. The number of hydrogen-bond acceptors (Lipinski definition) is 5. The van der Waals surface area contributed by atoms with Gasteiger partial charge in [0.1, 0.15) is 4.21 Å². The molecule has 0 radical (unpaired) electrons. The predicted octanol–water partition coefficient (Wildman–Crippen LogP) is 2.09. The van der Waals surface area contributed by atoms with Crippen LogP contribution in [0.15, 0.2) is 34.5 Å². The monoisotopic (exact) mass is 315 g/mol. The van der Waals surface area contributed by atoms with E-state index in [1.807, 2.05) is 0 Å². The Kier molecular flexibility index (Phi) is 3.36. The first kappa shape index (κ1) is 13.3. The van der Waals surface area contributed by atoms with E-state index in [0.29, 0.717) is 22.8 Å². The molecule has 0 spiro atoms. The maximum atomic E-state index is 12.9. The van der Waals surface area contributed by atoms with Gasteiger partial charge in [0.25, 0.3) is 0 Å². The zero-order valence-corrected chi connectivity index (χ0v) is 11.8. The molecule has 2 aromatic rings. The lowest BCUT2D eigenvalue weighted by Crippen LogP contribution is -2.22. The minimum Gasteiger partial charge on any atom is -0.454 e. The summed E-state index contributed by atoms with van der Waals surface area (Å²) in [5.41, 5.74) is 0.731. The van der Waals surface area contributed by atoms with Gasteiger partial charge in [0.2, 0.25) is 16.8 Å². The molecule has 0 amide bonds. The Morgan fingerprint density at radius 3 is 2.75 bits per heavy atom. The van der Waals surface area contributed by atoms with E-state index in [0.717, 1.165) is 11.6 Å². The van der Waals surface area contributed by atoms with Crippen LogP contribution in [0, 0.1) is 5.13 Å². The highest BCUT2D eigenvalue weighted by molar-refractivity contribution is 7.91. The smallest absolute Gasteiger partial charge is 0.250 e. The minimum atomic E-state index is -3.70. The largest absolute Gasteiger partial charge is 0.454 e. The Labute approximate surface area is 119 Å². The molecule has 0 aliphatic carbocycles. The van der Waals surface area contributed by atoms with Gasteiger partial charge in [0, 0.05) is 6.54 Å². The van der Waals surface area contributed by atoms with Crippen LogP contribution in [0.2, 0.25) is 0 Å². The summed E-state index contributed by atoms with van der Waals surface area (Å²) >= 11 is 0.588. The maximum absolute atomic E-state index is 12.9. The Hall–Kier alpha value is -1.64. The molecule has 8 heteroatoms. The van der Waals surface area contributed by atoms with Gasteiger partial charge < -0.3 is 9.47 Å². The molecule has 0 fully saturated rings. The van der Waals surface area contributed by atoms with E-state index in [9.17, 15) is 12.8 Å². The van der Waals surface area contributed by atoms with E-state index in [4.69, 9.17) is 9.47 Å². The molecule has 0 unspecified atom stereocenters. The first-order valence-electron chi connectivity index (χ1n) is 5.68. The van der Waals surface area contributed by atoms with Crippen molar-refractivity contribution in [1.29, 1.82) is 0 Å². The molecule has 0 saturated heterocycles. The first-order valence-corrected chi connectivity index (χ1v) is 7.98. The summed E-state index contributed by atoms with van der Waals surface area (Å²) in [6, 6.07) is 7.53. The lowest BCUT2D eigenvalue weighted by atomic mass is 10.2. The normalized spacial score (nSPS) is 13.7. The number of benzene rings is 1. The van der Waals surface area contributed by atoms with Gasteiger partial charge in [0.15, 0.2) is 16.6 Å². The summed E-state index contributed by atoms with van der Waals surface area (Å²) in [7, 11) is -3.70. The lowest BCUT2D eigenvalue weighted by Gasteiger charge is -2.05. The first-order chi connectivity index (χ1) is 9.54. The van der Waals surface area contributed by atoms with E-state index in [2.05, 4.69) is 4.72 Å². The van der Waals surface area contributed by atoms with Crippen molar-refractivity contribution in [2.45, 2.75) is 10.8 Å². The molecule has 106 valence electrons. The van der Waals surface area contributed by atoms with Gasteiger partial charge in [-0.05, 0) is 29.8 Å². The maximum Gasteiger partial charge on any atom is 0.250 e. The number of hydrogen-bond donors (Lipinski definition) is 1. The molecule has 2 heterocycles. The van der Waals surface area contributed by atoms with Crippen molar-refractivity contribution in [2.75, 3.05) is 6.79 Å². The molecule has 0 bridgehead atoms. The third-order valence-electron chi connectivity index (χ3n) is 2.72. The average Bonchev–Trinajstić information content (AvgIpc) is 3.04. The van der Waals surface area contributed by atoms with Gasteiger partial charge in [-0.3, -0.25) is 0 Å². The van der Waals surface area contributed by atoms with Gasteiger partial charge in [-0.15, -0.1) is 0 Å². The molecule has 1 aliphatic rings. The van der Waals surface area contributed by atoms with Crippen molar-refractivity contribution in [3.05, 3.63) is 41.0 Å². The topological polar surface area (TPSA) is 64.6 Å². The van der Waals surface area contributed by atoms with Crippen molar-refractivity contribution in [1.82, 2.24) is 4.72 Å². The van der Waals surface area contributed by atoms with Crippen LogP contribution in [-0.4, -0.2) is 15.2 Å². The molecule has 0 atom stereocenters. The van der Waals surface area contributed by atoms with Crippen molar-refractivity contribution < 1.29 is 22.3 Å².